The van der Waals surface area contributed by atoms with E-state index in [0.29, 0.717) is 11.3 Å². The highest BCUT2D eigenvalue weighted by Gasteiger charge is 2.14. The van der Waals surface area contributed by atoms with E-state index < -0.39 is 0 Å². The summed E-state index contributed by atoms with van der Waals surface area (Å²) in [4.78, 5) is 23.6. The number of amides is 2. The first-order chi connectivity index (χ1) is 9.08. The minimum absolute atomic E-state index is 0.0404. The molecule has 19 heavy (non-hydrogen) atoms. The molecule has 0 unspecified atom stereocenters. The number of ether oxygens (including phenoxy) is 1. The van der Waals surface area contributed by atoms with E-state index >= 15 is 0 Å². The van der Waals surface area contributed by atoms with Crippen LogP contribution in [0.25, 0.3) is 0 Å². The molecule has 0 aliphatic heterocycles. The normalized spacial score (nSPS) is 11.7. The van der Waals surface area contributed by atoms with E-state index in [2.05, 4.69) is 10.6 Å². The fraction of sp³-hybridized carbons (Fsp3) is 0.429. The molecular formula is C14H20N2O3. The monoisotopic (exact) mass is 264 g/mol. The second-order valence-electron chi connectivity index (χ2n) is 4.31. The van der Waals surface area contributed by atoms with E-state index in [1.807, 2.05) is 13.8 Å². The Kier molecular flexibility index (Phi) is 6.02. The maximum Gasteiger partial charge on any atom is 0.253 e. The number of benzene rings is 1. The van der Waals surface area contributed by atoms with Crippen LogP contribution in [0.2, 0.25) is 0 Å². The van der Waals surface area contributed by atoms with Crippen molar-refractivity contribution in [3.63, 3.8) is 0 Å². The summed E-state index contributed by atoms with van der Waals surface area (Å²) in [5, 5.41) is 5.53. The minimum atomic E-state index is -0.286. The molecule has 5 nitrogen and oxygen atoms in total. The van der Waals surface area contributed by atoms with Crippen molar-refractivity contribution in [2.45, 2.75) is 26.3 Å². The lowest BCUT2D eigenvalue weighted by Crippen LogP contribution is -2.32. The van der Waals surface area contributed by atoms with Gasteiger partial charge in [-0.15, -0.1) is 0 Å². The van der Waals surface area contributed by atoms with Crippen LogP contribution in [0.1, 0.15) is 30.6 Å². The Morgan fingerprint density at radius 3 is 2.63 bits per heavy atom. The summed E-state index contributed by atoms with van der Waals surface area (Å²) < 4.78 is 4.75. The largest absolute Gasteiger partial charge is 0.375 e. The SMILES string of the molecule is CC[C@@H](C)NC(=O)c1ccccc1NC(=O)COC. The van der Waals surface area contributed by atoms with Crippen LogP contribution in [-0.2, 0) is 9.53 Å². The number of carbonyl (C=O) groups is 2. The summed E-state index contributed by atoms with van der Waals surface area (Å²) in [6, 6.07) is 6.99. The van der Waals surface area contributed by atoms with Crippen LogP contribution in [-0.4, -0.2) is 31.6 Å². The number of nitrogens with one attached hydrogen (secondary N) is 2. The molecule has 0 aliphatic carbocycles. The van der Waals surface area contributed by atoms with Crippen molar-refractivity contribution < 1.29 is 14.3 Å². The summed E-state index contributed by atoms with van der Waals surface area (Å²) in [7, 11) is 1.45. The number of rotatable bonds is 6. The van der Waals surface area contributed by atoms with Gasteiger partial charge in [-0.3, -0.25) is 9.59 Å². The smallest absolute Gasteiger partial charge is 0.253 e. The molecule has 2 amide bonds. The molecule has 0 fully saturated rings. The third kappa shape index (κ3) is 4.71. The third-order valence-electron chi connectivity index (χ3n) is 2.71. The Morgan fingerprint density at radius 2 is 2.00 bits per heavy atom. The second kappa shape index (κ2) is 7.53. The number of hydrogen-bond acceptors (Lipinski definition) is 3. The van der Waals surface area contributed by atoms with Crippen LogP contribution in [0.5, 0.6) is 0 Å². The molecule has 1 atom stereocenters. The number of anilines is 1. The van der Waals surface area contributed by atoms with Gasteiger partial charge in [0, 0.05) is 13.2 Å². The lowest BCUT2D eigenvalue weighted by atomic mass is 10.1. The molecule has 0 bridgehead atoms. The van der Waals surface area contributed by atoms with E-state index in [-0.39, 0.29) is 24.5 Å². The molecule has 0 radical (unpaired) electrons. The van der Waals surface area contributed by atoms with Gasteiger partial charge in [0.1, 0.15) is 6.61 Å². The van der Waals surface area contributed by atoms with Crippen molar-refractivity contribution in [2.24, 2.45) is 0 Å². The topological polar surface area (TPSA) is 67.4 Å². The number of methoxy groups -OCH3 is 1. The van der Waals surface area contributed by atoms with Crippen molar-refractivity contribution in [1.29, 1.82) is 0 Å². The number of carbonyl (C=O) groups excluding carboxylic acids is 2. The van der Waals surface area contributed by atoms with E-state index in [1.54, 1.807) is 24.3 Å². The van der Waals surface area contributed by atoms with Crippen molar-refractivity contribution in [1.82, 2.24) is 5.32 Å². The molecule has 1 aromatic rings. The van der Waals surface area contributed by atoms with Gasteiger partial charge in [-0.2, -0.15) is 0 Å². The zero-order chi connectivity index (χ0) is 14.3. The highest BCUT2D eigenvalue weighted by atomic mass is 16.5. The summed E-state index contributed by atoms with van der Waals surface area (Å²) in [6.45, 7) is 3.89. The quantitative estimate of drug-likeness (QED) is 0.823. The second-order valence-corrected chi connectivity index (χ2v) is 4.31. The Hall–Kier alpha value is -1.88. The van der Waals surface area contributed by atoms with Crippen molar-refractivity contribution >= 4 is 17.5 Å². The van der Waals surface area contributed by atoms with Gasteiger partial charge in [0.15, 0.2) is 0 Å². The summed E-state index contributed by atoms with van der Waals surface area (Å²) >= 11 is 0. The fourth-order valence-electron chi connectivity index (χ4n) is 1.51. The maximum absolute atomic E-state index is 12.1. The summed E-state index contributed by atoms with van der Waals surface area (Å²) in [5.74, 6) is -0.478. The zero-order valence-electron chi connectivity index (χ0n) is 11.5. The van der Waals surface area contributed by atoms with Crippen LogP contribution in [0, 0.1) is 0 Å². The molecule has 0 saturated heterocycles. The van der Waals surface area contributed by atoms with E-state index in [0.717, 1.165) is 6.42 Å². The van der Waals surface area contributed by atoms with Gasteiger partial charge in [-0.25, -0.2) is 0 Å². The highest BCUT2D eigenvalue weighted by Crippen LogP contribution is 2.15. The van der Waals surface area contributed by atoms with Crippen LogP contribution < -0.4 is 10.6 Å². The average Bonchev–Trinajstić information content (AvgIpc) is 2.39. The predicted octanol–water partition coefficient (Wildman–Crippen LogP) is 1.80. The van der Waals surface area contributed by atoms with Gasteiger partial charge in [-0.05, 0) is 25.5 Å². The number of hydrogen-bond donors (Lipinski definition) is 2. The lowest BCUT2D eigenvalue weighted by Gasteiger charge is -2.14. The molecule has 0 heterocycles. The number of para-hydroxylation sites is 1. The van der Waals surface area contributed by atoms with Gasteiger partial charge < -0.3 is 15.4 Å². The zero-order valence-corrected chi connectivity index (χ0v) is 11.5. The van der Waals surface area contributed by atoms with Crippen LogP contribution in [0.3, 0.4) is 0 Å². The molecule has 5 heteroatoms. The van der Waals surface area contributed by atoms with Gasteiger partial charge in [0.05, 0.1) is 11.3 Å². The molecule has 1 rings (SSSR count). The molecule has 104 valence electrons. The van der Waals surface area contributed by atoms with Gasteiger partial charge in [0.25, 0.3) is 5.91 Å². The molecule has 0 saturated carbocycles. The highest BCUT2D eigenvalue weighted by molar-refractivity contribution is 6.04. The molecular weight excluding hydrogens is 244 g/mol. The summed E-state index contributed by atoms with van der Waals surface area (Å²) in [6.07, 6.45) is 0.851. The average molecular weight is 264 g/mol. The predicted molar refractivity (Wildman–Crippen MR) is 74.2 cm³/mol. The standard InChI is InChI=1S/C14H20N2O3/c1-4-10(2)15-14(18)11-7-5-6-8-12(11)16-13(17)9-19-3/h5-8,10H,4,9H2,1-3H3,(H,15,18)(H,16,17)/t10-/m1/s1. The van der Waals surface area contributed by atoms with Crippen molar-refractivity contribution in [2.75, 3.05) is 19.0 Å². The van der Waals surface area contributed by atoms with Crippen molar-refractivity contribution in [3.8, 4) is 0 Å². The lowest BCUT2D eigenvalue weighted by molar-refractivity contribution is -0.119. The molecule has 1 aromatic carbocycles. The minimum Gasteiger partial charge on any atom is -0.375 e. The molecule has 0 aliphatic rings. The van der Waals surface area contributed by atoms with E-state index in [4.69, 9.17) is 4.74 Å². The van der Waals surface area contributed by atoms with Crippen LogP contribution in [0.15, 0.2) is 24.3 Å². The Bertz CT molecular complexity index is 446. The van der Waals surface area contributed by atoms with Gasteiger partial charge >= 0.3 is 0 Å². The molecule has 0 aromatic heterocycles. The first-order valence-electron chi connectivity index (χ1n) is 6.27. The maximum atomic E-state index is 12.1. The van der Waals surface area contributed by atoms with Crippen LogP contribution in [0.4, 0.5) is 5.69 Å². The molecule has 2 N–H and O–H groups in total. The third-order valence-corrected chi connectivity index (χ3v) is 2.71. The first kappa shape index (κ1) is 15.2. The van der Waals surface area contributed by atoms with Crippen LogP contribution >= 0.6 is 0 Å². The Morgan fingerprint density at radius 1 is 1.32 bits per heavy atom. The van der Waals surface area contributed by atoms with Crippen molar-refractivity contribution in [3.05, 3.63) is 29.8 Å². The molecule has 0 spiro atoms. The van der Waals surface area contributed by atoms with Gasteiger partial charge in [0.2, 0.25) is 5.91 Å². The van der Waals surface area contributed by atoms with E-state index in [9.17, 15) is 9.59 Å². The first-order valence-corrected chi connectivity index (χ1v) is 6.27. The Labute approximate surface area is 113 Å². The van der Waals surface area contributed by atoms with Gasteiger partial charge in [-0.1, -0.05) is 19.1 Å². The Balaban J connectivity index is 2.83. The van der Waals surface area contributed by atoms with E-state index in [1.165, 1.54) is 7.11 Å². The summed E-state index contributed by atoms with van der Waals surface area (Å²) in [5.41, 5.74) is 0.942. The fourth-order valence-corrected chi connectivity index (χ4v) is 1.51.